The Morgan fingerprint density at radius 2 is 2.00 bits per heavy atom. The zero-order chi connectivity index (χ0) is 22.7. The third-order valence-corrected chi connectivity index (χ3v) is 9.15. The summed E-state index contributed by atoms with van der Waals surface area (Å²) in [5, 5.41) is 3.01. The van der Waals surface area contributed by atoms with Gasteiger partial charge in [-0.3, -0.25) is 4.18 Å². The molecule has 4 atom stereocenters. The second-order valence-corrected chi connectivity index (χ2v) is 12.4. The molecule has 1 aromatic carbocycles. The normalized spacial score (nSPS) is 31.6. The lowest BCUT2D eigenvalue weighted by atomic mass is 9.81. The maximum absolute atomic E-state index is 13.1. The van der Waals surface area contributed by atoms with Crippen molar-refractivity contribution in [2.75, 3.05) is 25.9 Å². The fraction of sp³-hybridized carbons (Fsp3) is 0.652. The molecule has 0 spiro atoms. The Bertz CT molecular complexity index is 1110. The molecule has 3 unspecified atom stereocenters. The summed E-state index contributed by atoms with van der Waals surface area (Å²) >= 11 is 1.41. The predicted molar refractivity (Wildman–Crippen MR) is 119 cm³/mol. The molecule has 1 saturated heterocycles. The van der Waals surface area contributed by atoms with E-state index in [9.17, 15) is 21.6 Å². The van der Waals surface area contributed by atoms with Gasteiger partial charge in [-0.25, -0.2) is 0 Å². The largest absolute Gasteiger partial charge is 0.416 e. The van der Waals surface area contributed by atoms with Crippen LogP contribution in [-0.2, 0) is 20.5 Å². The van der Waals surface area contributed by atoms with E-state index in [1.807, 2.05) is 0 Å². The summed E-state index contributed by atoms with van der Waals surface area (Å²) < 4.78 is 67.9. The van der Waals surface area contributed by atoms with Gasteiger partial charge in [0, 0.05) is 11.2 Å². The number of fused-ring (bicyclic) bond motifs is 2. The number of likely N-dealkylation sites (tertiary alicyclic amines) is 1. The van der Waals surface area contributed by atoms with Crippen LogP contribution in [-0.4, -0.2) is 45.3 Å². The van der Waals surface area contributed by atoms with E-state index in [1.54, 1.807) is 6.07 Å². The molecule has 2 heterocycles. The maximum atomic E-state index is 13.1. The van der Waals surface area contributed by atoms with Crippen LogP contribution >= 0.6 is 11.3 Å². The quantitative estimate of drug-likeness (QED) is 0.513. The zero-order valence-electron chi connectivity index (χ0n) is 18.0. The van der Waals surface area contributed by atoms with Crippen LogP contribution in [0.4, 0.5) is 13.2 Å². The molecule has 0 amide bonds. The highest BCUT2D eigenvalue weighted by Gasteiger charge is 2.68. The summed E-state index contributed by atoms with van der Waals surface area (Å²) in [4.78, 5) is 2.51. The molecule has 1 aromatic heterocycles. The molecule has 176 valence electrons. The fourth-order valence-electron chi connectivity index (χ4n) is 5.87. The average Bonchev–Trinajstić information content (AvgIpc) is 3.04. The van der Waals surface area contributed by atoms with Crippen molar-refractivity contribution in [3.8, 4) is 0 Å². The van der Waals surface area contributed by atoms with Gasteiger partial charge in [0.05, 0.1) is 17.9 Å². The van der Waals surface area contributed by atoms with E-state index < -0.39 is 21.9 Å². The first-order chi connectivity index (χ1) is 15.0. The van der Waals surface area contributed by atoms with E-state index in [2.05, 4.69) is 10.3 Å². The Morgan fingerprint density at radius 1 is 1.19 bits per heavy atom. The molecule has 0 radical (unpaired) electrons. The highest BCUT2D eigenvalue weighted by atomic mass is 32.2. The monoisotopic (exact) mass is 487 g/mol. The molecule has 0 N–H and O–H groups in total. The molecule has 2 aliphatic carbocycles. The number of hydrogen-bond acceptors (Lipinski definition) is 5. The number of thiophene rings is 1. The summed E-state index contributed by atoms with van der Waals surface area (Å²) in [5.41, 5.74) is 0.833. The lowest BCUT2D eigenvalue weighted by molar-refractivity contribution is -0.137. The summed E-state index contributed by atoms with van der Waals surface area (Å²) in [6, 6.07) is 4.12. The first kappa shape index (κ1) is 22.6. The summed E-state index contributed by atoms with van der Waals surface area (Å²) in [5.74, 6) is 0.723. The molecule has 4 nitrogen and oxygen atoms in total. The number of nitrogens with zero attached hydrogens (tertiary/aromatic N) is 1. The Balaban J connectivity index is 1.23. The first-order valence-electron chi connectivity index (χ1n) is 11.2. The van der Waals surface area contributed by atoms with Gasteiger partial charge in [0.1, 0.15) is 0 Å². The van der Waals surface area contributed by atoms with Gasteiger partial charge in [0.25, 0.3) is 10.1 Å². The van der Waals surface area contributed by atoms with Gasteiger partial charge < -0.3 is 4.90 Å². The van der Waals surface area contributed by atoms with E-state index in [4.69, 9.17) is 4.18 Å². The molecule has 3 fully saturated rings. The Kier molecular flexibility index (Phi) is 5.63. The lowest BCUT2D eigenvalue weighted by Gasteiger charge is -2.38. The van der Waals surface area contributed by atoms with Crippen LogP contribution in [0.15, 0.2) is 23.6 Å². The minimum Gasteiger partial charge on any atom is -0.303 e. The van der Waals surface area contributed by atoms with Crippen LogP contribution in [0, 0.1) is 11.3 Å². The molecule has 3 aliphatic rings. The molecule has 2 saturated carbocycles. The average molecular weight is 488 g/mol. The van der Waals surface area contributed by atoms with Crippen LogP contribution in [0.5, 0.6) is 0 Å². The van der Waals surface area contributed by atoms with Crippen molar-refractivity contribution < 1.29 is 25.8 Å². The van der Waals surface area contributed by atoms with Crippen LogP contribution in [0.25, 0.3) is 10.1 Å². The van der Waals surface area contributed by atoms with Crippen LogP contribution < -0.4 is 0 Å². The van der Waals surface area contributed by atoms with E-state index in [0.29, 0.717) is 16.5 Å². The van der Waals surface area contributed by atoms with E-state index in [1.165, 1.54) is 29.0 Å². The van der Waals surface area contributed by atoms with Crippen LogP contribution in [0.2, 0.25) is 0 Å². The highest BCUT2D eigenvalue weighted by molar-refractivity contribution is 7.86. The fourth-order valence-corrected chi connectivity index (χ4v) is 7.60. The number of rotatable bonds is 5. The van der Waals surface area contributed by atoms with Gasteiger partial charge in [0.2, 0.25) is 0 Å². The Hall–Kier alpha value is -1.16. The summed E-state index contributed by atoms with van der Waals surface area (Å²) in [6.45, 7) is 3.01. The standard InChI is InChI=1S/C23H28F3NO3S2/c1-32(28,29)30-20-12-22(11-19(20)22)14-27-8-3-2-4-15(7-9-27)18-13-31-21-10-16(23(24,25)26)5-6-17(18)21/h5-6,10,13,15,19-20H,2-4,7-9,11-12,14H2,1H3/t15?,19-,20?,22?/m0/s1. The van der Waals surface area contributed by atoms with Crippen molar-refractivity contribution in [2.45, 2.75) is 56.7 Å². The third kappa shape index (κ3) is 4.45. The molecule has 0 bridgehead atoms. The molecule has 5 rings (SSSR count). The lowest BCUT2D eigenvalue weighted by Crippen LogP contribution is -2.43. The molecule has 32 heavy (non-hydrogen) atoms. The van der Waals surface area contributed by atoms with Gasteiger partial charge in [-0.15, -0.1) is 11.3 Å². The highest BCUT2D eigenvalue weighted by Crippen LogP contribution is 2.69. The molecular weight excluding hydrogens is 459 g/mol. The topological polar surface area (TPSA) is 46.6 Å². The van der Waals surface area contributed by atoms with Gasteiger partial charge >= 0.3 is 6.18 Å². The van der Waals surface area contributed by atoms with Crippen molar-refractivity contribution in [1.82, 2.24) is 4.90 Å². The van der Waals surface area contributed by atoms with Crippen molar-refractivity contribution in [3.63, 3.8) is 0 Å². The first-order valence-corrected chi connectivity index (χ1v) is 13.9. The molecule has 9 heteroatoms. The maximum Gasteiger partial charge on any atom is 0.416 e. The van der Waals surface area contributed by atoms with Crippen LogP contribution in [0.1, 0.15) is 55.6 Å². The van der Waals surface area contributed by atoms with E-state index in [0.717, 1.165) is 69.8 Å². The smallest absolute Gasteiger partial charge is 0.303 e. The zero-order valence-corrected chi connectivity index (χ0v) is 19.7. The molecule has 1 aliphatic heterocycles. The van der Waals surface area contributed by atoms with Crippen molar-refractivity contribution >= 4 is 31.5 Å². The third-order valence-electron chi connectivity index (χ3n) is 7.59. The minimum atomic E-state index is -4.31. The molecule has 2 aromatic rings. The van der Waals surface area contributed by atoms with E-state index >= 15 is 0 Å². The van der Waals surface area contributed by atoms with Gasteiger partial charge in [-0.2, -0.15) is 21.6 Å². The molecular formula is C23H28F3NO3S2. The second kappa shape index (κ2) is 7.96. The van der Waals surface area contributed by atoms with Crippen molar-refractivity contribution in [1.29, 1.82) is 0 Å². The number of halogens is 3. The minimum absolute atomic E-state index is 0.147. The van der Waals surface area contributed by atoms with Crippen molar-refractivity contribution in [2.24, 2.45) is 11.3 Å². The van der Waals surface area contributed by atoms with Gasteiger partial charge in [0.15, 0.2) is 0 Å². The van der Waals surface area contributed by atoms with Gasteiger partial charge in [-0.05, 0) is 90.9 Å². The number of hydrogen-bond donors (Lipinski definition) is 0. The van der Waals surface area contributed by atoms with Crippen molar-refractivity contribution in [3.05, 3.63) is 34.7 Å². The number of benzene rings is 1. The van der Waals surface area contributed by atoms with E-state index in [-0.39, 0.29) is 11.5 Å². The SMILES string of the molecule is CS(=O)(=O)OC1CC2(CN3CCCCC(c4csc5cc(C(F)(F)F)ccc45)CC3)C[C@@H]12. The van der Waals surface area contributed by atoms with Gasteiger partial charge in [-0.1, -0.05) is 12.5 Å². The Labute approximate surface area is 190 Å². The Morgan fingerprint density at radius 3 is 2.72 bits per heavy atom. The number of alkyl halides is 3. The summed E-state index contributed by atoms with van der Waals surface area (Å²) in [7, 11) is -3.40. The second-order valence-electron chi connectivity index (χ2n) is 9.87. The summed E-state index contributed by atoms with van der Waals surface area (Å²) in [6.07, 6.45) is 2.81. The predicted octanol–water partition coefficient (Wildman–Crippen LogP) is 5.63. The van der Waals surface area contributed by atoms with Crippen LogP contribution in [0.3, 0.4) is 0 Å².